The Morgan fingerprint density at radius 3 is 2.62 bits per heavy atom. The topological polar surface area (TPSA) is 115 Å². The van der Waals surface area contributed by atoms with Crippen molar-refractivity contribution in [3.63, 3.8) is 0 Å². The molecular formula is C28H21ClFN7O2S. The summed E-state index contributed by atoms with van der Waals surface area (Å²) in [6.45, 7) is 0.323. The second kappa shape index (κ2) is 10.2. The summed E-state index contributed by atoms with van der Waals surface area (Å²) < 4.78 is 41.8. The highest BCUT2D eigenvalue weighted by molar-refractivity contribution is 7.92. The molecule has 0 saturated carbocycles. The van der Waals surface area contributed by atoms with E-state index in [1.807, 2.05) is 36.4 Å². The van der Waals surface area contributed by atoms with Gasteiger partial charge in [0.1, 0.15) is 18.0 Å². The van der Waals surface area contributed by atoms with E-state index in [0.29, 0.717) is 23.5 Å². The number of pyridine rings is 1. The van der Waals surface area contributed by atoms with Crippen molar-refractivity contribution in [1.29, 1.82) is 0 Å². The zero-order valence-corrected chi connectivity index (χ0v) is 22.6. The number of sulfonamides is 1. The van der Waals surface area contributed by atoms with Gasteiger partial charge in [-0.25, -0.2) is 27.8 Å². The van der Waals surface area contributed by atoms with Gasteiger partial charge in [0.25, 0.3) is 0 Å². The lowest BCUT2D eigenvalue weighted by Crippen LogP contribution is -2.10. The van der Waals surface area contributed by atoms with E-state index < -0.39 is 10.0 Å². The summed E-state index contributed by atoms with van der Waals surface area (Å²) >= 11 is 6.10. The average Bonchev–Trinajstić information content (AvgIpc) is 3.32. The fourth-order valence-electron chi connectivity index (χ4n) is 4.43. The number of anilines is 3. The Hall–Kier alpha value is -4.61. The Kier molecular flexibility index (Phi) is 6.53. The molecule has 0 fully saturated rings. The molecule has 0 saturated heterocycles. The maximum Gasteiger partial charge on any atom is 0.229 e. The number of rotatable bonds is 7. The maximum atomic E-state index is 14.2. The average molecular weight is 574 g/mol. The molecule has 0 atom stereocenters. The number of fused-ring (bicyclic) bond motifs is 2. The monoisotopic (exact) mass is 573 g/mol. The van der Waals surface area contributed by atoms with Gasteiger partial charge in [0.2, 0.25) is 10.0 Å². The number of hydrogen-bond donors (Lipinski definition) is 2. The van der Waals surface area contributed by atoms with E-state index in [9.17, 15) is 12.8 Å². The van der Waals surface area contributed by atoms with E-state index in [1.165, 1.54) is 12.4 Å². The van der Waals surface area contributed by atoms with Gasteiger partial charge < -0.3 is 5.32 Å². The molecular weight excluding hydrogens is 553 g/mol. The lowest BCUT2D eigenvalue weighted by molar-refractivity contribution is 0.590. The molecule has 0 aliphatic rings. The van der Waals surface area contributed by atoms with Crippen LogP contribution in [0.15, 0.2) is 85.5 Å². The first-order valence-electron chi connectivity index (χ1n) is 12.1. The van der Waals surface area contributed by atoms with Crippen LogP contribution in [0.2, 0.25) is 5.15 Å². The summed E-state index contributed by atoms with van der Waals surface area (Å²) in [4.78, 5) is 13.0. The van der Waals surface area contributed by atoms with E-state index in [0.717, 1.165) is 39.3 Å². The quantitative estimate of drug-likeness (QED) is 0.225. The molecule has 0 radical (unpaired) electrons. The van der Waals surface area contributed by atoms with Gasteiger partial charge in [0.15, 0.2) is 5.15 Å². The first-order valence-corrected chi connectivity index (χ1v) is 14.3. The van der Waals surface area contributed by atoms with Crippen LogP contribution in [0.5, 0.6) is 0 Å². The molecule has 3 heterocycles. The van der Waals surface area contributed by atoms with Crippen LogP contribution in [0.25, 0.3) is 32.9 Å². The molecule has 3 aromatic heterocycles. The molecule has 200 valence electrons. The van der Waals surface area contributed by atoms with Crippen molar-refractivity contribution < 1.29 is 12.8 Å². The van der Waals surface area contributed by atoms with Crippen molar-refractivity contribution >= 4 is 60.6 Å². The van der Waals surface area contributed by atoms with Crippen molar-refractivity contribution in [3.8, 4) is 11.1 Å². The third kappa shape index (κ3) is 5.29. The van der Waals surface area contributed by atoms with Crippen molar-refractivity contribution in [2.75, 3.05) is 16.3 Å². The van der Waals surface area contributed by atoms with Gasteiger partial charge in [0, 0.05) is 33.8 Å². The van der Waals surface area contributed by atoms with Crippen molar-refractivity contribution in [3.05, 3.63) is 102 Å². The van der Waals surface area contributed by atoms with E-state index in [1.54, 1.807) is 41.3 Å². The SMILES string of the molecule is CS(=O)(=O)Nc1cc(-c2ccc3ncnc(Nc4ccc5c(cnn5Cc5ccccc5F)c4)c3c2)cnc1Cl. The van der Waals surface area contributed by atoms with Crippen LogP contribution in [0.4, 0.5) is 21.6 Å². The van der Waals surface area contributed by atoms with Crippen LogP contribution in [0.3, 0.4) is 0 Å². The minimum Gasteiger partial charge on any atom is -0.340 e. The summed E-state index contributed by atoms with van der Waals surface area (Å²) in [5.74, 6) is 0.318. The second-order valence-corrected chi connectivity index (χ2v) is 11.3. The molecule has 3 aromatic carbocycles. The maximum absolute atomic E-state index is 14.2. The van der Waals surface area contributed by atoms with Crippen molar-refractivity contribution in [2.45, 2.75) is 6.54 Å². The number of benzene rings is 3. The molecule has 0 unspecified atom stereocenters. The summed E-state index contributed by atoms with van der Waals surface area (Å²) in [5, 5.41) is 9.50. The zero-order chi connectivity index (χ0) is 27.9. The third-order valence-corrected chi connectivity index (χ3v) is 7.18. The van der Waals surface area contributed by atoms with E-state index >= 15 is 0 Å². The predicted octanol–water partition coefficient (Wildman–Crippen LogP) is 6.00. The standard InChI is InChI=1S/C28H21ClFN7O2S/c1-40(38,39)36-25-12-19(13-31-27(25)29)17-6-8-24-22(11-17)28(33-16-32-24)35-21-7-9-26-20(10-21)14-34-37(26)15-18-4-2-3-5-23(18)30/h2-14,16,36H,15H2,1H3,(H,32,33,35). The molecule has 0 amide bonds. The van der Waals surface area contributed by atoms with Crippen LogP contribution >= 0.6 is 11.6 Å². The lowest BCUT2D eigenvalue weighted by atomic mass is 10.0. The van der Waals surface area contributed by atoms with Gasteiger partial charge in [-0.15, -0.1) is 0 Å². The molecule has 0 aliphatic heterocycles. The smallest absolute Gasteiger partial charge is 0.229 e. The largest absolute Gasteiger partial charge is 0.340 e. The lowest BCUT2D eigenvalue weighted by Gasteiger charge is -2.12. The summed E-state index contributed by atoms with van der Waals surface area (Å²) in [6, 6.07) is 19.7. The van der Waals surface area contributed by atoms with E-state index in [2.05, 4.69) is 30.1 Å². The van der Waals surface area contributed by atoms with Crippen molar-refractivity contribution in [1.82, 2.24) is 24.7 Å². The fraction of sp³-hybridized carbons (Fsp3) is 0.0714. The Morgan fingerprint density at radius 1 is 0.950 bits per heavy atom. The second-order valence-electron chi connectivity index (χ2n) is 9.18. The molecule has 40 heavy (non-hydrogen) atoms. The minimum atomic E-state index is -3.53. The number of nitrogens with zero attached hydrogens (tertiary/aromatic N) is 5. The first-order chi connectivity index (χ1) is 19.2. The van der Waals surface area contributed by atoms with Crippen LogP contribution in [0, 0.1) is 5.82 Å². The molecule has 6 rings (SSSR count). The Balaban J connectivity index is 1.32. The Morgan fingerprint density at radius 2 is 1.80 bits per heavy atom. The number of aromatic nitrogens is 5. The highest BCUT2D eigenvalue weighted by atomic mass is 35.5. The summed E-state index contributed by atoms with van der Waals surface area (Å²) in [6.07, 6.45) is 5.84. The Bertz CT molecular complexity index is 2010. The molecule has 0 spiro atoms. The first kappa shape index (κ1) is 25.7. The number of hydrogen-bond acceptors (Lipinski definition) is 7. The predicted molar refractivity (Wildman–Crippen MR) is 155 cm³/mol. The van der Waals surface area contributed by atoms with Crippen molar-refractivity contribution in [2.24, 2.45) is 0 Å². The van der Waals surface area contributed by atoms with Gasteiger partial charge in [-0.1, -0.05) is 35.9 Å². The fourth-order valence-corrected chi connectivity index (χ4v) is 5.19. The molecule has 0 aliphatic carbocycles. The van der Waals surface area contributed by atoms with Gasteiger partial charge in [-0.05, 0) is 48.0 Å². The minimum absolute atomic E-state index is 0.0493. The molecule has 2 N–H and O–H groups in total. The van der Waals surface area contributed by atoms with Gasteiger partial charge in [-0.3, -0.25) is 9.40 Å². The normalized spacial score (nSPS) is 11.7. The van der Waals surface area contributed by atoms with E-state index in [4.69, 9.17) is 11.6 Å². The zero-order valence-electron chi connectivity index (χ0n) is 21.0. The summed E-state index contributed by atoms with van der Waals surface area (Å²) in [5.41, 5.74) is 4.57. The number of nitrogens with one attached hydrogen (secondary N) is 2. The van der Waals surface area contributed by atoms with Crippen LogP contribution < -0.4 is 10.0 Å². The third-order valence-electron chi connectivity index (χ3n) is 6.29. The van der Waals surface area contributed by atoms with Gasteiger partial charge >= 0.3 is 0 Å². The van der Waals surface area contributed by atoms with Gasteiger partial charge in [0.05, 0.1) is 35.7 Å². The van der Waals surface area contributed by atoms with Crippen LogP contribution in [-0.2, 0) is 16.6 Å². The molecule has 12 heteroatoms. The van der Waals surface area contributed by atoms with E-state index in [-0.39, 0.29) is 16.7 Å². The molecule has 0 bridgehead atoms. The van der Waals surface area contributed by atoms with Crippen LogP contribution in [-0.4, -0.2) is 39.4 Å². The molecule has 9 nitrogen and oxygen atoms in total. The molecule has 6 aromatic rings. The highest BCUT2D eigenvalue weighted by Crippen LogP contribution is 2.32. The van der Waals surface area contributed by atoms with Gasteiger partial charge in [-0.2, -0.15) is 5.10 Å². The Labute approximate surface area is 233 Å². The highest BCUT2D eigenvalue weighted by Gasteiger charge is 2.13. The van der Waals surface area contributed by atoms with Crippen LogP contribution in [0.1, 0.15) is 5.56 Å². The number of halogens is 2. The summed E-state index contributed by atoms with van der Waals surface area (Å²) in [7, 11) is -3.53.